The molecule has 0 saturated carbocycles. The molecule has 2 aliphatic heterocycles. The van der Waals surface area contributed by atoms with Gasteiger partial charge in [-0.15, -0.1) is 0 Å². The van der Waals surface area contributed by atoms with E-state index in [0.29, 0.717) is 17.7 Å². The number of anilines is 3. The van der Waals surface area contributed by atoms with Crippen LogP contribution in [0.15, 0.2) is 18.2 Å². The molecule has 1 aromatic carbocycles. The van der Waals surface area contributed by atoms with Gasteiger partial charge in [-0.2, -0.15) is 22.0 Å². The molecule has 0 radical (unpaired) electrons. The highest BCUT2D eigenvalue weighted by Crippen LogP contribution is 2.51. The summed E-state index contributed by atoms with van der Waals surface area (Å²) in [6, 6.07) is 2.53. The van der Waals surface area contributed by atoms with Gasteiger partial charge in [-0.25, -0.2) is 14.4 Å². The lowest BCUT2D eigenvalue weighted by atomic mass is 9.92. The van der Waals surface area contributed by atoms with Crippen molar-refractivity contribution in [3.63, 3.8) is 0 Å². The third kappa shape index (κ3) is 4.68. The minimum atomic E-state index is -4.90. The predicted octanol–water partition coefficient (Wildman–Crippen LogP) is 7.28. The fourth-order valence-corrected chi connectivity index (χ4v) is 5.37. The molecule has 0 spiro atoms. The smallest absolute Gasteiger partial charge is 0.353 e. The number of hydrogen-bond acceptors (Lipinski definition) is 4. The maximum atomic E-state index is 14.0. The van der Waals surface area contributed by atoms with E-state index >= 15 is 0 Å². The van der Waals surface area contributed by atoms with Crippen LogP contribution in [0.1, 0.15) is 74.4 Å². The molecular weight excluding hydrogens is 470 g/mol. The van der Waals surface area contributed by atoms with Gasteiger partial charge in [-0.05, 0) is 38.3 Å². The zero-order valence-electron chi connectivity index (χ0n) is 20.1. The summed E-state index contributed by atoms with van der Waals surface area (Å²) in [4.78, 5) is 13.0. The summed E-state index contributed by atoms with van der Waals surface area (Å²) in [5.74, 6) is -2.45. The minimum Gasteiger partial charge on any atom is -0.353 e. The van der Waals surface area contributed by atoms with Crippen LogP contribution in [0.4, 0.5) is 43.7 Å². The third-order valence-electron chi connectivity index (χ3n) is 6.94. The van der Waals surface area contributed by atoms with Crippen LogP contribution in [0.2, 0.25) is 0 Å². The van der Waals surface area contributed by atoms with Crippen molar-refractivity contribution < 1.29 is 26.3 Å². The Bertz CT molecular complexity index is 1060. The Balaban J connectivity index is 1.83. The molecule has 4 nitrogen and oxygen atoms in total. The highest BCUT2D eigenvalue weighted by molar-refractivity contribution is 5.76. The molecule has 4 rings (SSSR count). The van der Waals surface area contributed by atoms with E-state index in [-0.39, 0.29) is 24.2 Å². The SMILES string of the molecule is CCCC(CCC)N1CCC2CN(c3ccc(C(F)(F)CF)cc3C(F)(F)F)c3nc(C)nc1c32. The van der Waals surface area contributed by atoms with Gasteiger partial charge in [0.1, 0.15) is 17.5 Å². The Morgan fingerprint density at radius 2 is 1.69 bits per heavy atom. The zero-order valence-corrected chi connectivity index (χ0v) is 20.1. The summed E-state index contributed by atoms with van der Waals surface area (Å²) in [7, 11) is 0. The third-order valence-corrected chi connectivity index (χ3v) is 6.94. The lowest BCUT2D eigenvalue weighted by Gasteiger charge is -2.38. The molecule has 3 heterocycles. The highest BCUT2D eigenvalue weighted by Gasteiger charge is 2.44. The summed E-state index contributed by atoms with van der Waals surface area (Å²) in [6.45, 7) is 4.89. The van der Waals surface area contributed by atoms with Crippen molar-refractivity contribution in [3.05, 3.63) is 40.7 Å². The van der Waals surface area contributed by atoms with Crippen LogP contribution in [-0.2, 0) is 12.1 Å². The molecule has 0 aliphatic carbocycles. The first-order chi connectivity index (χ1) is 16.5. The van der Waals surface area contributed by atoms with Crippen molar-refractivity contribution in [1.82, 2.24) is 9.97 Å². The monoisotopic (exact) mass is 500 g/mol. The summed E-state index contributed by atoms with van der Waals surface area (Å²) in [6.07, 6.45) is -0.167. The van der Waals surface area contributed by atoms with Gasteiger partial charge >= 0.3 is 12.1 Å². The molecule has 0 bridgehead atoms. The Hall–Kier alpha value is -2.52. The Morgan fingerprint density at radius 1 is 1.03 bits per heavy atom. The number of nitrogens with zero attached hydrogens (tertiary/aromatic N) is 4. The van der Waals surface area contributed by atoms with E-state index in [1.165, 1.54) is 4.90 Å². The van der Waals surface area contributed by atoms with Gasteiger partial charge in [-0.1, -0.05) is 32.8 Å². The summed E-state index contributed by atoms with van der Waals surface area (Å²) in [5, 5.41) is 0. The van der Waals surface area contributed by atoms with Crippen molar-refractivity contribution in [1.29, 1.82) is 0 Å². The van der Waals surface area contributed by atoms with Gasteiger partial charge in [0.25, 0.3) is 0 Å². The van der Waals surface area contributed by atoms with E-state index in [4.69, 9.17) is 4.98 Å². The first-order valence-corrected chi connectivity index (χ1v) is 12.1. The number of aromatic nitrogens is 2. The van der Waals surface area contributed by atoms with E-state index in [9.17, 15) is 26.3 Å². The maximum Gasteiger partial charge on any atom is 0.418 e. The number of hydrogen-bond donors (Lipinski definition) is 0. The van der Waals surface area contributed by atoms with Crippen LogP contribution >= 0.6 is 0 Å². The largest absolute Gasteiger partial charge is 0.418 e. The van der Waals surface area contributed by atoms with Gasteiger partial charge in [0, 0.05) is 36.2 Å². The molecule has 2 aromatic rings. The van der Waals surface area contributed by atoms with Crippen molar-refractivity contribution >= 4 is 17.3 Å². The number of benzene rings is 1. The normalized spacial score (nSPS) is 17.9. The molecule has 0 fully saturated rings. The molecule has 35 heavy (non-hydrogen) atoms. The second kappa shape index (κ2) is 9.50. The van der Waals surface area contributed by atoms with E-state index in [1.54, 1.807) is 6.92 Å². The predicted molar refractivity (Wildman–Crippen MR) is 123 cm³/mol. The average molecular weight is 501 g/mol. The van der Waals surface area contributed by atoms with Gasteiger partial charge < -0.3 is 9.80 Å². The van der Waals surface area contributed by atoms with Crippen LogP contribution in [0.5, 0.6) is 0 Å². The lowest BCUT2D eigenvalue weighted by Crippen LogP contribution is -2.40. The standard InChI is InChI=1S/C25H30F6N4/c1-4-6-18(7-5-2)34-11-10-16-13-35(23-21(16)22(34)32-15(3)33-23)20-9-8-17(24(27,28)14-26)12-19(20)25(29,30)31/h8-9,12,16,18H,4-7,10-11,13-14H2,1-3H3. The second-order valence-corrected chi connectivity index (χ2v) is 9.42. The Labute approximate surface area is 201 Å². The van der Waals surface area contributed by atoms with Gasteiger partial charge in [0.15, 0.2) is 6.67 Å². The van der Waals surface area contributed by atoms with Crippen molar-refractivity contribution in [3.8, 4) is 0 Å². The summed E-state index contributed by atoms with van der Waals surface area (Å²) >= 11 is 0. The number of rotatable bonds is 8. The Kier molecular flexibility index (Phi) is 6.94. The fourth-order valence-electron chi connectivity index (χ4n) is 5.37. The van der Waals surface area contributed by atoms with E-state index in [0.717, 1.165) is 62.2 Å². The molecule has 0 saturated heterocycles. The average Bonchev–Trinajstić information content (AvgIpc) is 3.17. The van der Waals surface area contributed by atoms with Gasteiger partial charge in [-0.3, -0.25) is 0 Å². The molecule has 1 aromatic heterocycles. The van der Waals surface area contributed by atoms with E-state index in [1.807, 2.05) is 0 Å². The fraction of sp³-hybridized carbons (Fsp3) is 0.600. The van der Waals surface area contributed by atoms with Crippen molar-refractivity contribution in [2.75, 3.05) is 29.6 Å². The van der Waals surface area contributed by atoms with Crippen molar-refractivity contribution in [2.45, 2.75) is 76.9 Å². The van der Waals surface area contributed by atoms with Gasteiger partial charge in [0.05, 0.1) is 11.3 Å². The lowest BCUT2D eigenvalue weighted by molar-refractivity contribution is -0.137. The van der Waals surface area contributed by atoms with Crippen LogP contribution in [0.25, 0.3) is 0 Å². The van der Waals surface area contributed by atoms with Crippen LogP contribution in [0.3, 0.4) is 0 Å². The quantitative estimate of drug-likeness (QED) is 0.357. The molecule has 0 amide bonds. The molecule has 1 unspecified atom stereocenters. The van der Waals surface area contributed by atoms with E-state index < -0.39 is 29.9 Å². The van der Waals surface area contributed by atoms with Crippen LogP contribution in [0, 0.1) is 6.92 Å². The number of aryl methyl sites for hydroxylation is 1. The second-order valence-electron chi connectivity index (χ2n) is 9.42. The maximum absolute atomic E-state index is 14.0. The van der Waals surface area contributed by atoms with Crippen LogP contribution in [-0.4, -0.2) is 35.8 Å². The first kappa shape index (κ1) is 25.6. The minimum absolute atomic E-state index is 0.0613. The molecule has 0 N–H and O–H groups in total. The zero-order chi connectivity index (χ0) is 25.5. The summed E-state index contributed by atoms with van der Waals surface area (Å²) < 4.78 is 82.7. The highest BCUT2D eigenvalue weighted by atomic mass is 19.4. The summed E-state index contributed by atoms with van der Waals surface area (Å²) in [5.41, 5.74) is -1.65. The first-order valence-electron chi connectivity index (χ1n) is 12.1. The number of alkyl halides is 6. The molecule has 10 heteroatoms. The topological polar surface area (TPSA) is 32.3 Å². The van der Waals surface area contributed by atoms with E-state index in [2.05, 4.69) is 23.7 Å². The number of halogens is 6. The van der Waals surface area contributed by atoms with Crippen molar-refractivity contribution in [2.24, 2.45) is 0 Å². The molecule has 2 aliphatic rings. The van der Waals surface area contributed by atoms with Gasteiger partial charge in [0.2, 0.25) is 0 Å². The molecular formula is C25H30F6N4. The van der Waals surface area contributed by atoms with Crippen LogP contribution < -0.4 is 9.80 Å². The molecule has 1 atom stereocenters. The molecule has 192 valence electrons. The Morgan fingerprint density at radius 3 is 2.29 bits per heavy atom.